The number of thiocarbonyl (C=S) groups is 1. The zero-order chi connectivity index (χ0) is 8.81. The minimum Gasteiger partial charge on any atom is -0.376 e. The molecule has 1 rings (SSSR count). The van der Waals surface area contributed by atoms with Crippen molar-refractivity contribution in [3.8, 4) is 0 Å². The highest BCUT2D eigenvalue weighted by Gasteiger charge is 1.98. The van der Waals surface area contributed by atoms with Crippen molar-refractivity contribution in [1.29, 1.82) is 0 Å². The fraction of sp³-hybridized carbons (Fsp3) is 0.250. The van der Waals surface area contributed by atoms with Crippen LogP contribution in [0.3, 0.4) is 0 Å². The maximum absolute atomic E-state index is 5.08. The number of aromatic nitrogens is 1. The highest BCUT2D eigenvalue weighted by molar-refractivity contribution is 7.80. The molecule has 1 heterocycles. The van der Waals surface area contributed by atoms with Gasteiger partial charge in [-0.15, -0.1) is 17.9 Å². The van der Waals surface area contributed by atoms with Crippen LogP contribution in [0.25, 0.3) is 0 Å². The molecule has 1 aromatic heterocycles. The molecule has 2 nitrogen and oxygen atoms in total. The molecule has 0 aromatic carbocycles. The van der Waals surface area contributed by atoms with Gasteiger partial charge in [-0.2, -0.15) is 0 Å². The molecule has 12 heavy (non-hydrogen) atoms. The third kappa shape index (κ3) is 3.11. The second-order valence-corrected chi connectivity index (χ2v) is 3.67. The van der Waals surface area contributed by atoms with E-state index >= 15 is 0 Å². The molecule has 0 saturated heterocycles. The first-order chi connectivity index (χ1) is 5.83. The molecule has 0 aliphatic heterocycles. The van der Waals surface area contributed by atoms with Gasteiger partial charge in [0.1, 0.15) is 0 Å². The van der Waals surface area contributed by atoms with Crippen LogP contribution in [0.1, 0.15) is 5.01 Å². The van der Waals surface area contributed by atoms with Crippen LogP contribution < -0.4 is 5.32 Å². The SMILES string of the molecule is C=CCNC(=S)Cc1nccs1. The molecule has 0 amide bonds. The summed E-state index contributed by atoms with van der Waals surface area (Å²) in [5, 5.41) is 6.05. The topological polar surface area (TPSA) is 24.9 Å². The summed E-state index contributed by atoms with van der Waals surface area (Å²) >= 11 is 6.70. The van der Waals surface area contributed by atoms with Crippen molar-refractivity contribution < 1.29 is 0 Å². The number of nitrogens with one attached hydrogen (secondary N) is 1. The molecule has 0 bridgehead atoms. The van der Waals surface area contributed by atoms with Crippen molar-refractivity contribution in [2.45, 2.75) is 6.42 Å². The lowest BCUT2D eigenvalue weighted by molar-refractivity contribution is 1.03. The van der Waals surface area contributed by atoms with Crippen molar-refractivity contribution in [3.63, 3.8) is 0 Å². The Bertz CT molecular complexity index is 254. The van der Waals surface area contributed by atoms with Gasteiger partial charge >= 0.3 is 0 Å². The molecule has 0 spiro atoms. The van der Waals surface area contributed by atoms with E-state index in [1.807, 2.05) is 5.38 Å². The molecule has 64 valence electrons. The van der Waals surface area contributed by atoms with Crippen molar-refractivity contribution in [2.24, 2.45) is 0 Å². The largest absolute Gasteiger partial charge is 0.376 e. The molecule has 0 unspecified atom stereocenters. The van der Waals surface area contributed by atoms with Crippen LogP contribution in [0, 0.1) is 0 Å². The molecule has 1 N–H and O–H groups in total. The normalized spacial score (nSPS) is 9.33. The summed E-state index contributed by atoms with van der Waals surface area (Å²) in [5.41, 5.74) is 0. The Hall–Kier alpha value is -0.740. The standard InChI is InChI=1S/C8H10N2S2/c1-2-3-9-7(11)6-8-10-4-5-12-8/h2,4-5H,1,3,6H2,(H,9,11). The van der Waals surface area contributed by atoms with Gasteiger partial charge in [0, 0.05) is 24.5 Å². The van der Waals surface area contributed by atoms with E-state index in [1.165, 1.54) is 0 Å². The van der Waals surface area contributed by atoms with Gasteiger partial charge in [0.25, 0.3) is 0 Å². The predicted molar refractivity (Wildman–Crippen MR) is 56.6 cm³/mol. The summed E-state index contributed by atoms with van der Waals surface area (Å²) in [6.07, 6.45) is 4.31. The van der Waals surface area contributed by atoms with E-state index in [0.29, 0.717) is 0 Å². The molecule has 0 fully saturated rings. The van der Waals surface area contributed by atoms with Gasteiger partial charge in [-0.1, -0.05) is 18.3 Å². The number of hydrogen-bond acceptors (Lipinski definition) is 3. The van der Waals surface area contributed by atoms with Crippen LogP contribution in [-0.2, 0) is 6.42 Å². The average Bonchev–Trinajstić information content (AvgIpc) is 2.53. The third-order valence-electron chi connectivity index (χ3n) is 1.24. The Morgan fingerprint density at radius 3 is 3.25 bits per heavy atom. The lowest BCUT2D eigenvalue weighted by atomic mass is 10.4. The lowest BCUT2D eigenvalue weighted by Gasteiger charge is -2.01. The van der Waals surface area contributed by atoms with Gasteiger partial charge in [-0.05, 0) is 0 Å². The molecular weight excluding hydrogens is 188 g/mol. The smallest absolute Gasteiger partial charge is 0.0992 e. The first-order valence-corrected chi connectivity index (χ1v) is 4.87. The van der Waals surface area contributed by atoms with E-state index in [0.717, 1.165) is 23.0 Å². The van der Waals surface area contributed by atoms with Crippen LogP contribution in [-0.4, -0.2) is 16.5 Å². The van der Waals surface area contributed by atoms with E-state index in [9.17, 15) is 0 Å². The number of nitrogens with zero attached hydrogens (tertiary/aromatic N) is 1. The fourth-order valence-electron chi connectivity index (χ4n) is 0.726. The van der Waals surface area contributed by atoms with Crippen molar-refractivity contribution in [1.82, 2.24) is 10.3 Å². The summed E-state index contributed by atoms with van der Waals surface area (Å²) in [4.78, 5) is 4.95. The van der Waals surface area contributed by atoms with Gasteiger partial charge in [0.2, 0.25) is 0 Å². The van der Waals surface area contributed by atoms with Crippen LogP contribution in [0.5, 0.6) is 0 Å². The molecule has 0 radical (unpaired) electrons. The molecule has 0 atom stereocenters. The summed E-state index contributed by atoms with van der Waals surface area (Å²) in [5.74, 6) is 0. The van der Waals surface area contributed by atoms with Crippen LogP contribution in [0.2, 0.25) is 0 Å². The van der Waals surface area contributed by atoms with Crippen molar-refractivity contribution in [3.05, 3.63) is 29.2 Å². The van der Waals surface area contributed by atoms with Crippen LogP contribution in [0.15, 0.2) is 24.2 Å². The van der Waals surface area contributed by atoms with E-state index in [2.05, 4.69) is 16.9 Å². The molecule has 4 heteroatoms. The van der Waals surface area contributed by atoms with Gasteiger partial charge in [-0.25, -0.2) is 4.98 Å². The van der Waals surface area contributed by atoms with Crippen molar-refractivity contribution in [2.75, 3.05) is 6.54 Å². The van der Waals surface area contributed by atoms with Crippen molar-refractivity contribution >= 4 is 28.5 Å². The monoisotopic (exact) mass is 198 g/mol. The van der Waals surface area contributed by atoms with Gasteiger partial charge < -0.3 is 5.32 Å². The third-order valence-corrected chi connectivity index (χ3v) is 2.31. The van der Waals surface area contributed by atoms with Gasteiger partial charge in [0.05, 0.1) is 10.00 Å². The second-order valence-electron chi connectivity index (χ2n) is 2.20. The molecule has 0 aliphatic rings. The van der Waals surface area contributed by atoms with Crippen LogP contribution in [0.4, 0.5) is 0 Å². The molecular formula is C8H10N2S2. The summed E-state index contributed by atoms with van der Waals surface area (Å²) in [7, 11) is 0. The van der Waals surface area contributed by atoms with Gasteiger partial charge in [0.15, 0.2) is 0 Å². The maximum atomic E-state index is 5.08. The highest BCUT2D eigenvalue weighted by Crippen LogP contribution is 2.04. The molecule has 0 saturated carbocycles. The van der Waals surface area contributed by atoms with E-state index < -0.39 is 0 Å². The van der Waals surface area contributed by atoms with Gasteiger partial charge in [-0.3, -0.25) is 0 Å². The maximum Gasteiger partial charge on any atom is 0.0992 e. The summed E-state index contributed by atoms with van der Waals surface area (Å²) in [6, 6.07) is 0. The zero-order valence-electron chi connectivity index (χ0n) is 6.62. The Morgan fingerprint density at radius 1 is 1.83 bits per heavy atom. The Morgan fingerprint density at radius 2 is 2.67 bits per heavy atom. The van der Waals surface area contributed by atoms with E-state index in [1.54, 1.807) is 23.6 Å². The summed E-state index contributed by atoms with van der Waals surface area (Å²) < 4.78 is 0. The quantitative estimate of drug-likeness (QED) is 0.590. The number of hydrogen-bond donors (Lipinski definition) is 1. The molecule has 0 aliphatic carbocycles. The minimum absolute atomic E-state index is 0.726. The predicted octanol–water partition coefficient (Wildman–Crippen LogP) is 1.79. The van der Waals surface area contributed by atoms with E-state index in [-0.39, 0.29) is 0 Å². The van der Waals surface area contributed by atoms with E-state index in [4.69, 9.17) is 12.2 Å². The molecule has 1 aromatic rings. The Labute approximate surface area is 81.3 Å². The first kappa shape index (κ1) is 9.35. The second kappa shape index (κ2) is 5.00. The highest BCUT2D eigenvalue weighted by atomic mass is 32.1. The fourth-order valence-corrected chi connectivity index (χ4v) is 1.67. The minimum atomic E-state index is 0.726. The Kier molecular flexibility index (Phi) is 3.90. The first-order valence-electron chi connectivity index (χ1n) is 3.59. The zero-order valence-corrected chi connectivity index (χ0v) is 8.25. The Balaban J connectivity index is 2.32. The average molecular weight is 198 g/mol. The number of thiazole rings is 1. The van der Waals surface area contributed by atoms with Crippen LogP contribution >= 0.6 is 23.6 Å². The summed E-state index contributed by atoms with van der Waals surface area (Å²) in [6.45, 7) is 4.32. The lowest BCUT2D eigenvalue weighted by Crippen LogP contribution is -2.22. The number of rotatable bonds is 4.